The molecule has 4 saturated carbocycles. The van der Waals surface area contributed by atoms with Gasteiger partial charge in [-0.15, -0.1) is 0 Å². The summed E-state index contributed by atoms with van der Waals surface area (Å²) in [6, 6.07) is 0. The summed E-state index contributed by atoms with van der Waals surface area (Å²) in [6.07, 6.45) is 8.28. The van der Waals surface area contributed by atoms with Gasteiger partial charge in [-0.25, -0.2) is 0 Å². The first-order valence-corrected chi connectivity index (χ1v) is 8.36. The number of nitrogens with zero attached hydrogens (tertiary/aromatic N) is 2. The Morgan fingerprint density at radius 2 is 1.30 bits per heavy atom. The number of aliphatic imine (C=N–C) groups is 2. The molecule has 0 aromatic heterocycles. The average molecular weight is 272 g/mol. The van der Waals surface area contributed by atoms with E-state index in [-0.39, 0.29) is 0 Å². The highest BCUT2D eigenvalue weighted by Crippen LogP contribution is 2.66. The Bertz CT molecular complexity index is 451. The van der Waals surface area contributed by atoms with E-state index in [4.69, 9.17) is 9.98 Å². The van der Waals surface area contributed by atoms with Gasteiger partial charge in [0, 0.05) is 23.9 Å². The molecular formula is C16H24N4. The van der Waals surface area contributed by atoms with Crippen LogP contribution in [0.25, 0.3) is 0 Å². The van der Waals surface area contributed by atoms with Gasteiger partial charge in [-0.05, 0) is 50.4 Å². The van der Waals surface area contributed by atoms with Crippen molar-refractivity contribution in [3.8, 4) is 0 Å². The molecule has 2 heterocycles. The SMILES string of the molecule is C1CNC(C23CC4CC(C2)CC(C2=NCCN2)(C4)C3)=N1. The van der Waals surface area contributed by atoms with Crippen molar-refractivity contribution >= 4 is 11.7 Å². The van der Waals surface area contributed by atoms with E-state index in [1.54, 1.807) is 0 Å². The van der Waals surface area contributed by atoms with Crippen LogP contribution in [-0.2, 0) is 0 Å². The van der Waals surface area contributed by atoms with Crippen molar-refractivity contribution < 1.29 is 0 Å². The van der Waals surface area contributed by atoms with E-state index in [0.29, 0.717) is 10.8 Å². The van der Waals surface area contributed by atoms with Gasteiger partial charge in [-0.3, -0.25) is 9.98 Å². The van der Waals surface area contributed by atoms with Crippen LogP contribution < -0.4 is 10.6 Å². The van der Waals surface area contributed by atoms with Crippen LogP contribution in [0.3, 0.4) is 0 Å². The molecule has 2 N–H and O–H groups in total. The van der Waals surface area contributed by atoms with E-state index < -0.39 is 0 Å². The largest absolute Gasteiger partial charge is 0.372 e. The molecule has 6 rings (SSSR count). The Labute approximate surface area is 120 Å². The number of amidine groups is 2. The zero-order chi connectivity index (χ0) is 13.2. The molecule has 0 radical (unpaired) electrons. The van der Waals surface area contributed by atoms with Crippen molar-refractivity contribution in [3.63, 3.8) is 0 Å². The molecule has 0 atom stereocenters. The van der Waals surface area contributed by atoms with Crippen LogP contribution in [0.15, 0.2) is 9.98 Å². The summed E-state index contributed by atoms with van der Waals surface area (Å²) in [4.78, 5) is 9.66. The van der Waals surface area contributed by atoms with Gasteiger partial charge < -0.3 is 10.6 Å². The second-order valence-corrected chi connectivity index (χ2v) is 7.84. The van der Waals surface area contributed by atoms with Crippen molar-refractivity contribution in [2.75, 3.05) is 26.2 Å². The molecule has 20 heavy (non-hydrogen) atoms. The smallest absolute Gasteiger partial charge is 0.103 e. The van der Waals surface area contributed by atoms with Crippen molar-refractivity contribution in [1.82, 2.24) is 10.6 Å². The highest BCUT2D eigenvalue weighted by molar-refractivity contribution is 5.94. The van der Waals surface area contributed by atoms with Crippen molar-refractivity contribution in [2.24, 2.45) is 32.7 Å². The van der Waals surface area contributed by atoms with Crippen LogP contribution in [0, 0.1) is 22.7 Å². The first-order chi connectivity index (χ1) is 9.78. The Balaban J connectivity index is 1.57. The number of rotatable bonds is 2. The molecule has 4 heteroatoms. The minimum atomic E-state index is 0.368. The number of hydrogen-bond acceptors (Lipinski definition) is 4. The summed E-state index contributed by atoms with van der Waals surface area (Å²) in [7, 11) is 0. The highest BCUT2D eigenvalue weighted by atomic mass is 15.1. The summed E-state index contributed by atoms with van der Waals surface area (Å²) in [5, 5.41) is 7.22. The zero-order valence-corrected chi connectivity index (χ0v) is 12.1. The summed E-state index contributed by atoms with van der Waals surface area (Å²) in [5.41, 5.74) is 0.737. The molecule has 0 aromatic rings. The number of hydrogen-bond donors (Lipinski definition) is 2. The van der Waals surface area contributed by atoms with Gasteiger partial charge in [0.25, 0.3) is 0 Å². The lowest BCUT2D eigenvalue weighted by atomic mass is 9.43. The molecule has 0 amide bonds. The Kier molecular flexibility index (Phi) is 2.19. The van der Waals surface area contributed by atoms with Gasteiger partial charge in [0.05, 0.1) is 13.1 Å². The lowest BCUT2D eigenvalue weighted by molar-refractivity contribution is -0.0441. The van der Waals surface area contributed by atoms with Crippen molar-refractivity contribution in [1.29, 1.82) is 0 Å². The minimum Gasteiger partial charge on any atom is -0.372 e. The molecule has 4 bridgehead atoms. The highest BCUT2D eigenvalue weighted by Gasteiger charge is 2.61. The quantitative estimate of drug-likeness (QED) is 0.802. The van der Waals surface area contributed by atoms with E-state index in [1.807, 2.05) is 0 Å². The normalized spacial score (nSPS) is 48.8. The monoisotopic (exact) mass is 272 g/mol. The lowest BCUT2D eigenvalue weighted by Crippen LogP contribution is -2.60. The van der Waals surface area contributed by atoms with Gasteiger partial charge >= 0.3 is 0 Å². The van der Waals surface area contributed by atoms with Crippen LogP contribution in [0.5, 0.6) is 0 Å². The Morgan fingerprint density at radius 3 is 1.70 bits per heavy atom. The van der Waals surface area contributed by atoms with Crippen LogP contribution in [0.1, 0.15) is 38.5 Å². The molecule has 2 aliphatic heterocycles. The average Bonchev–Trinajstić information content (AvgIpc) is 3.12. The lowest BCUT2D eigenvalue weighted by Gasteiger charge is -2.61. The van der Waals surface area contributed by atoms with Gasteiger partial charge in [0.2, 0.25) is 0 Å². The van der Waals surface area contributed by atoms with Gasteiger partial charge in [-0.2, -0.15) is 0 Å². The van der Waals surface area contributed by atoms with Crippen molar-refractivity contribution in [2.45, 2.75) is 38.5 Å². The predicted octanol–water partition coefficient (Wildman–Crippen LogP) is 1.58. The third-order valence-electron chi connectivity index (χ3n) is 6.41. The maximum absolute atomic E-state index is 4.83. The summed E-state index contributed by atoms with van der Waals surface area (Å²) < 4.78 is 0. The zero-order valence-electron chi connectivity index (χ0n) is 12.1. The first kappa shape index (κ1) is 11.6. The van der Waals surface area contributed by atoms with Crippen LogP contribution in [0.4, 0.5) is 0 Å². The Morgan fingerprint density at radius 1 is 0.800 bits per heavy atom. The van der Waals surface area contributed by atoms with Crippen molar-refractivity contribution in [3.05, 3.63) is 0 Å². The summed E-state index contributed by atoms with van der Waals surface area (Å²) in [6.45, 7) is 4.08. The third-order valence-corrected chi connectivity index (χ3v) is 6.41. The maximum Gasteiger partial charge on any atom is 0.103 e. The number of nitrogens with one attached hydrogen (secondary N) is 2. The second-order valence-electron chi connectivity index (χ2n) is 7.84. The summed E-state index contributed by atoms with van der Waals surface area (Å²) in [5.74, 6) is 4.53. The van der Waals surface area contributed by atoms with Gasteiger partial charge in [-0.1, -0.05) is 0 Å². The summed E-state index contributed by atoms with van der Waals surface area (Å²) >= 11 is 0. The molecule has 0 aromatic carbocycles. The molecule has 0 unspecified atom stereocenters. The molecule has 6 aliphatic rings. The molecule has 4 aliphatic carbocycles. The predicted molar refractivity (Wildman–Crippen MR) is 80.2 cm³/mol. The fourth-order valence-corrected chi connectivity index (χ4v) is 6.32. The topological polar surface area (TPSA) is 48.8 Å². The van der Waals surface area contributed by atoms with Crippen LogP contribution in [-0.4, -0.2) is 37.9 Å². The van der Waals surface area contributed by atoms with E-state index >= 15 is 0 Å². The Hall–Kier alpha value is -1.06. The molecule has 0 spiro atoms. The van der Waals surface area contributed by atoms with Crippen LogP contribution in [0.2, 0.25) is 0 Å². The maximum atomic E-state index is 4.83. The van der Waals surface area contributed by atoms with E-state index in [0.717, 1.165) is 38.0 Å². The van der Waals surface area contributed by atoms with Gasteiger partial charge in [0.15, 0.2) is 0 Å². The van der Waals surface area contributed by atoms with E-state index in [2.05, 4.69) is 10.6 Å². The fourth-order valence-electron chi connectivity index (χ4n) is 6.32. The minimum absolute atomic E-state index is 0.368. The van der Waals surface area contributed by atoms with E-state index in [1.165, 1.54) is 50.2 Å². The first-order valence-electron chi connectivity index (χ1n) is 8.36. The fraction of sp³-hybridized carbons (Fsp3) is 0.875. The van der Waals surface area contributed by atoms with E-state index in [9.17, 15) is 0 Å². The standard InChI is InChI=1S/C16H24N4/c1-2-18-13(17-1)15-6-11-5-12(7-15)9-16(8-11,10-15)14-19-3-4-20-14/h11-12H,1-10H2,(H,17,18)(H,19,20). The molecular weight excluding hydrogens is 248 g/mol. The molecule has 4 fully saturated rings. The molecule has 0 saturated heterocycles. The third kappa shape index (κ3) is 1.43. The molecule has 108 valence electrons. The van der Waals surface area contributed by atoms with Crippen LogP contribution >= 0.6 is 0 Å². The second kappa shape index (κ2) is 3.77. The molecule has 4 nitrogen and oxygen atoms in total. The van der Waals surface area contributed by atoms with Gasteiger partial charge in [0.1, 0.15) is 11.7 Å².